The van der Waals surface area contributed by atoms with Crippen molar-refractivity contribution < 1.29 is 64.3 Å². The van der Waals surface area contributed by atoms with Crippen LogP contribution in [0.3, 0.4) is 0 Å². The minimum absolute atomic E-state index is 0.0602. The van der Waals surface area contributed by atoms with Gasteiger partial charge in [0.15, 0.2) is 5.78 Å². The Labute approximate surface area is 458 Å². The van der Waals surface area contributed by atoms with Crippen LogP contribution < -0.4 is 4.74 Å². The molecule has 13 heteroatoms. The summed E-state index contributed by atoms with van der Waals surface area (Å²) in [6.07, 6.45) is 23.9. The Bertz CT molecular complexity index is 2940. The van der Waals surface area contributed by atoms with Crippen molar-refractivity contribution >= 4 is 22.5 Å². The molecule has 0 aromatic heterocycles. The standard InChI is InChI=1S/C65H84O13/c1-35-46(36(2)67)51(69)48-40(50(35)68)24-37(56(73)74)25-44(48)76-57-52(70)53(71)65-28-41-42-27-59(32-61(16-7-8-17-61)64(33-59)19-9-18-62(64)21-20-58(31-62)12-3-4-13-58)26-38-30-75-34-63(22-23-66,49(38)42)43-11-10-39(47(41)43)45(78-65)29-60(14-5-6-15-60)54(72)55(65)77-57/h11,24-25,38,41-42,45,49,52-55,57,66,68-72H,3-10,12-23,26-34H2,1-2H3,(H,73,74). The van der Waals surface area contributed by atoms with E-state index >= 15 is 0 Å². The highest BCUT2D eigenvalue weighted by atomic mass is 16.7. The van der Waals surface area contributed by atoms with Gasteiger partial charge in [0.1, 0.15) is 41.2 Å². The van der Waals surface area contributed by atoms with E-state index in [1.54, 1.807) is 0 Å². The molecular weight excluding hydrogens is 989 g/mol. The third-order valence-electron chi connectivity index (χ3n) is 26.2. The summed E-state index contributed by atoms with van der Waals surface area (Å²) in [4.78, 5) is 25.7. The van der Waals surface area contributed by atoms with Gasteiger partial charge in [-0.1, -0.05) is 51.0 Å². The number of Topliss-reactive ketones (excluding diaryl/α,β-unsaturated/α-hetero) is 1. The van der Waals surface area contributed by atoms with E-state index in [0.717, 1.165) is 44.6 Å². The number of carboxylic acid groups (broad SMARTS) is 1. The molecule has 13 nitrogen and oxygen atoms in total. The number of hydrogen-bond donors (Lipinski definition) is 7. The first kappa shape index (κ1) is 51.3. The number of aromatic carboxylic acids is 1. The molecule has 0 radical (unpaired) electrons. The average Bonchev–Trinajstić information content (AvgIpc) is 3.65. The Hall–Kier alpha value is -3.56. The lowest BCUT2D eigenvalue weighted by Crippen LogP contribution is -2.72. The van der Waals surface area contributed by atoms with Gasteiger partial charge in [-0.05, 0) is 215 Å². The molecule has 11 fully saturated rings. The quantitative estimate of drug-likeness (QED) is 0.106. The molecule has 78 heavy (non-hydrogen) atoms. The predicted molar refractivity (Wildman–Crippen MR) is 288 cm³/mol. The molecule has 0 amide bonds. The summed E-state index contributed by atoms with van der Waals surface area (Å²) in [5, 5.41) is 84.2. The van der Waals surface area contributed by atoms with Crippen LogP contribution in [-0.2, 0) is 14.2 Å². The van der Waals surface area contributed by atoms with Gasteiger partial charge >= 0.3 is 5.97 Å². The molecular formula is C65H84O13. The third kappa shape index (κ3) is 6.56. The van der Waals surface area contributed by atoms with Crippen LogP contribution >= 0.6 is 0 Å². The van der Waals surface area contributed by atoms with E-state index in [4.69, 9.17) is 18.9 Å². The maximum Gasteiger partial charge on any atom is 0.335 e. The molecule has 3 saturated heterocycles. The highest BCUT2D eigenvalue weighted by molar-refractivity contribution is 6.11. The lowest BCUT2D eigenvalue weighted by molar-refractivity contribution is -0.339. The van der Waals surface area contributed by atoms with Gasteiger partial charge in [0.05, 0.1) is 35.3 Å². The van der Waals surface area contributed by atoms with Gasteiger partial charge in [-0.3, -0.25) is 4.79 Å². The molecule has 422 valence electrons. The number of carboxylic acids is 1. The Morgan fingerprint density at radius 3 is 2.24 bits per heavy atom. The fourth-order valence-corrected chi connectivity index (χ4v) is 23.9. The second-order valence-corrected chi connectivity index (χ2v) is 29.2. The Balaban J connectivity index is 0.862. The van der Waals surface area contributed by atoms with Gasteiger partial charge in [0.2, 0.25) is 6.29 Å². The fourth-order valence-electron chi connectivity index (χ4n) is 23.9. The number of fused-ring (bicyclic) bond motifs is 7. The molecule has 4 aliphatic heterocycles. The van der Waals surface area contributed by atoms with E-state index in [0.29, 0.717) is 60.6 Å². The molecule has 4 heterocycles. The zero-order valence-corrected chi connectivity index (χ0v) is 46.1. The maximum absolute atomic E-state index is 13.4. The van der Waals surface area contributed by atoms with E-state index in [1.807, 2.05) is 0 Å². The molecule has 15 unspecified atom stereocenters. The van der Waals surface area contributed by atoms with Crippen LogP contribution in [0.1, 0.15) is 200 Å². The van der Waals surface area contributed by atoms with Crippen LogP contribution in [-0.4, -0.2) is 110 Å². The smallest absolute Gasteiger partial charge is 0.335 e. The predicted octanol–water partition coefficient (Wildman–Crippen LogP) is 10.7. The molecule has 8 saturated carbocycles. The molecule has 2 bridgehead atoms. The minimum Gasteiger partial charge on any atom is -0.507 e. The average molecular weight is 1070 g/mol. The first-order chi connectivity index (χ1) is 37.4. The molecule has 7 N–H and O–H groups in total. The number of aliphatic hydroxyl groups is 4. The normalized spacial score (nSPS) is 43.9. The Kier molecular flexibility index (Phi) is 11.4. The first-order valence-electron chi connectivity index (χ1n) is 30.9. The van der Waals surface area contributed by atoms with Crippen LogP contribution in [0.2, 0.25) is 0 Å². The van der Waals surface area contributed by atoms with Crippen LogP contribution in [0.25, 0.3) is 10.8 Å². The fraction of sp³-hybridized carbons (Fsp3) is 0.754. The lowest BCUT2D eigenvalue weighted by atomic mass is 9.42. The number of rotatable bonds is 6. The van der Waals surface area contributed by atoms with Crippen LogP contribution in [0, 0.1) is 68.5 Å². The summed E-state index contributed by atoms with van der Waals surface area (Å²) in [6.45, 7) is 4.05. The summed E-state index contributed by atoms with van der Waals surface area (Å²) < 4.78 is 28.3. The number of carbonyl (C=O) groups is 2. The largest absolute Gasteiger partial charge is 0.507 e. The van der Waals surface area contributed by atoms with Crippen molar-refractivity contribution in [1.82, 2.24) is 0 Å². The van der Waals surface area contributed by atoms with Crippen LogP contribution in [0.4, 0.5) is 0 Å². The third-order valence-corrected chi connectivity index (χ3v) is 26.2. The zero-order chi connectivity index (χ0) is 53.7. The number of allylic oxidation sites excluding steroid dienone is 2. The van der Waals surface area contributed by atoms with Crippen molar-refractivity contribution in [2.45, 2.75) is 223 Å². The maximum atomic E-state index is 13.4. The van der Waals surface area contributed by atoms with Crippen molar-refractivity contribution in [2.24, 2.45) is 61.6 Å². The molecule has 7 spiro atoms. The molecule has 2 aromatic rings. The van der Waals surface area contributed by atoms with Crippen molar-refractivity contribution in [3.63, 3.8) is 0 Å². The second-order valence-electron chi connectivity index (χ2n) is 29.2. The lowest BCUT2D eigenvalue weighted by Gasteiger charge is -2.64. The number of ether oxygens (including phenoxy) is 4. The van der Waals surface area contributed by atoms with Gasteiger partial charge < -0.3 is 54.7 Å². The second kappa shape index (κ2) is 17.3. The minimum atomic E-state index is -1.79. The summed E-state index contributed by atoms with van der Waals surface area (Å²) in [5.41, 5.74) is 2.52. The number of carbonyl (C=O) groups excluding carboxylic acids is 1. The van der Waals surface area contributed by atoms with E-state index in [9.17, 15) is 45.3 Å². The number of aromatic hydroxyl groups is 2. The molecule has 2 aromatic carbocycles. The molecule has 9 aliphatic carbocycles. The molecule has 15 rings (SSSR count). The summed E-state index contributed by atoms with van der Waals surface area (Å²) in [5.74, 6) is -2.52. The van der Waals surface area contributed by atoms with Gasteiger partial charge in [-0.2, -0.15) is 0 Å². The molecule has 15 atom stereocenters. The van der Waals surface area contributed by atoms with Crippen LogP contribution in [0.5, 0.6) is 17.2 Å². The van der Waals surface area contributed by atoms with Gasteiger partial charge in [0.25, 0.3) is 0 Å². The summed E-state index contributed by atoms with van der Waals surface area (Å²) in [7, 11) is 0. The van der Waals surface area contributed by atoms with Crippen molar-refractivity contribution in [3.8, 4) is 17.2 Å². The number of benzene rings is 2. The van der Waals surface area contributed by atoms with Gasteiger partial charge in [-0.15, -0.1) is 0 Å². The Morgan fingerprint density at radius 2 is 1.50 bits per heavy atom. The molecule has 13 aliphatic rings. The highest BCUT2D eigenvalue weighted by Crippen LogP contribution is 2.85. The monoisotopic (exact) mass is 1070 g/mol. The van der Waals surface area contributed by atoms with Crippen LogP contribution in [0.15, 0.2) is 34.9 Å². The van der Waals surface area contributed by atoms with E-state index in [1.165, 1.54) is 139 Å². The van der Waals surface area contributed by atoms with Crippen molar-refractivity contribution in [2.75, 3.05) is 19.8 Å². The van der Waals surface area contributed by atoms with Gasteiger partial charge in [-0.25, -0.2) is 4.79 Å². The van der Waals surface area contributed by atoms with Crippen molar-refractivity contribution in [3.05, 3.63) is 51.6 Å². The number of phenolic OH excluding ortho intramolecular Hbond substituents is 2. The number of hydrogen-bond acceptors (Lipinski definition) is 12. The van der Waals surface area contributed by atoms with E-state index in [2.05, 4.69) is 6.08 Å². The SMILES string of the molecule is CC(=O)c1c(C)c(O)c2cc(C(=O)O)cc(OC3OC4C(O)C5(CCCC5)CC5OC4(CC4C6=C5CC=C6C5(CCO)COCC6CC7(CC4C65)CC4(CCCC4)C4(CCCC45CCC4(CCCC4)C5)C7)C(O)C3O)c2c1O. The van der Waals surface area contributed by atoms with Gasteiger partial charge in [0, 0.05) is 35.0 Å². The zero-order valence-electron chi connectivity index (χ0n) is 46.1. The summed E-state index contributed by atoms with van der Waals surface area (Å²) in [6, 6.07) is 2.37. The topological polar surface area (TPSA) is 213 Å². The van der Waals surface area contributed by atoms with E-state index < -0.39 is 71.1 Å². The van der Waals surface area contributed by atoms with E-state index in [-0.39, 0.29) is 74.3 Å². The number of ketones is 1. The van der Waals surface area contributed by atoms with Crippen molar-refractivity contribution in [1.29, 1.82) is 0 Å². The number of aliphatic hydroxyl groups excluding tert-OH is 4. The summed E-state index contributed by atoms with van der Waals surface area (Å²) >= 11 is 0. The first-order valence-corrected chi connectivity index (χ1v) is 30.9. The Morgan fingerprint density at radius 1 is 0.782 bits per heavy atom. The highest BCUT2D eigenvalue weighted by Gasteiger charge is 2.77. The number of phenols is 2.